The first-order chi connectivity index (χ1) is 12.5. The zero-order valence-electron chi connectivity index (χ0n) is 15.1. The van der Waals surface area contributed by atoms with Crippen LogP contribution in [0.5, 0.6) is 0 Å². The fourth-order valence-corrected chi connectivity index (χ4v) is 5.22. The predicted octanol–water partition coefficient (Wildman–Crippen LogP) is 1.91. The van der Waals surface area contributed by atoms with Gasteiger partial charge in [0.1, 0.15) is 0 Å². The molecule has 0 radical (unpaired) electrons. The number of methoxy groups -OCH3 is 1. The molecular formula is C19H26N2O4S. The number of rotatable bonds is 8. The summed E-state index contributed by atoms with van der Waals surface area (Å²) in [4.78, 5) is 12.1. The van der Waals surface area contributed by atoms with E-state index in [1.54, 1.807) is 7.11 Å². The molecule has 1 aliphatic heterocycles. The van der Waals surface area contributed by atoms with Crippen LogP contribution < -0.4 is 5.32 Å². The zero-order chi connectivity index (χ0) is 18.6. The first-order valence-electron chi connectivity index (χ1n) is 9.04. The largest absolute Gasteiger partial charge is 0.383 e. The lowest BCUT2D eigenvalue weighted by atomic mass is 10.1. The van der Waals surface area contributed by atoms with Gasteiger partial charge in [-0.1, -0.05) is 18.2 Å². The van der Waals surface area contributed by atoms with Gasteiger partial charge in [-0.2, -0.15) is 0 Å². The molecule has 6 nitrogen and oxygen atoms in total. The van der Waals surface area contributed by atoms with Gasteiger partial charge in [-0.3, -0.25) is 4.79 Å². The number of sulfone groups is 1. The number of hydrogen-bond acceptors (Lipinski definition) is 4. The Labute approximate surface area is 154 Å². The number of para-hydroxylation sites is 1. The lowest BCUT2D eigenvalue weighted by Crippen LogP contribution is -2.35. The molecule has 1 fully saturated rings. The fraction of sp³-hybridized carbons (Fsp3) is 0.526. The molecule has 142 valence electrons. The van der Waals surface area contributed by atoms with Gasteiger partial charge in [0.2, 0.25) is 5.91 Å². The van der Waals surface area contributed by atoms with Gasteiger partial charge in [-0.25, -0.2) is 8.42 Å². The van der Waals surface area contributed by atoms with Gasteiger partial charge >= 0.3 is 0 Å². The van der Waals surface area contributed by atoms with Gasteiger partial charge in [0, 0.05) is 43.2 Å². The molecule has 1 atom stereocenters. The van der Waals surface area contributed by atoms with E-state index in [9.17, 15) is 13.2 Å². The fourth-order valence-electron chi connectivity index (χ4n) is 3.54. The lowest BCUT2D eigenvalue weighted by molar-refractivity contribution is -0.121. The van der Waals surface area contributed by atoms with Crippen molar-refractivity contribution in [3.05, 3.63) is 36.0 Å². The van der Waals surface area contributed by atoms with E-state index in [0.29, 0.717) is 19.4 Å². The van der Waals surface area contributed by atoms with Crippen LogP contribution >= 0.6 is 0 Å². The standard InChI is InChI=1S/C19H26N2O4S/c1-25-11-10-21-13-15(17-6-2-3-7-18(17)21)5-4-8-19(22)20-16-9-12-26(23,24)14-16/h2-3,6-7,13,16H,4-5,8-12,14H2,1H3,(H,20,22). The molecule has 1 aliphatic rings. The molecule has 0 spiro atoms. The van der Waals surface area contributed by atoms with Gasteiger partial charge < -0.3 is 14.6 Å². The molecule has 1 amide bonds. The third kappa shape index (κ3) is 4.65. The molecule has 7 heteroatoms. The Morgan fingerprint density at radius 2 is 2.15 bits per heavy atom. The number of hydrogen-bond donors (Lipinski definition) is 1. The average molecular weight is 378 g/mol. The van der Waals surface area contributed by atoms with Crippen molar-refractivity contribution in [1.29, 1.82) is 0 Å². The molecule has 3 rings (SSSR count). The van der Waals surface area contributed by atoms with E-state index in [1.807, 2.05) is 12.1 Å². The number of carbonyl (C=O) groups is 1. The number of ether oxygens (including phenoxy) is 1. The second-order valence-electron chi connectivity index (χ2n) is 6.88. The summed E-state index contributed by atoms with van der Waals surface area (Å²) in [7, 11) is -1.27. The van der Waals surface area contributed by atoms with Crippen molar-refractivity contribution in [2.75, 3.05) is 25.2 Å². The number of nitrogens with zero attached hydrogens (tertiary/aromatic N) is 1. The van der Waals surface area contributed by atoms with Gasteiger partial charge in [0.25, 0.3) is 0 Å². The normalized spacial score (nSPS) is 19.0. The first kappa shape index (κ1) is 18.9. The third-order valence-electron chi connectivity index (χ3n) is 4.85. The third-order valence-corrected chi connectivity index (χ3v) is 6.62. The van der Waals surface area contributed by atoms with Crippen LogP contribution in [0.25, 0.3) is 10.9 Å². The number of benzene rings is 1. The maximum Gasteiger partial charge on any atom is 0.220 e. The molecule has 1 aromatic carbocycles. The summed E-state index contributed by atoms with van der Waals surface area (Å²) in [5, 5.41) is 4.06. The van der Waals surface area contributed by atoms with Crippen LogP contribution in [-0.4, -0.2) is 50.2 Å². The average Bonchev–Trinajstić information content (AvgIpc) is 3.13. The van der Waals surface area contributed by atoms with Crippen LogP contribution in [0.3, 0.4) is 0 Å². The lowest BCUT2D eigenvalue weighted by Gasteiger charge is -2.10. The molecule has 26 heavy (non-hydrogen) atoms. The summed E-state index contributed by atoms with van der Waals surface area (Å²) in [6.07, 6.45) is 4.64. The highest BCUT2D eigenvalue weighted by Gasteiger charge is 2.28. The van der Waals surface area contributed by atoms with Crippen LogP contribution in [0, 0.1) is 0 Å². The van der Waals surface area contributed by atoms with E-state index in [-0.39, 0.29) is 23.5 Å². The van der Waals surface area contributed by atoms with E-state index < -0.39 is 9.84 Å². The zero-order valence-corrected chi connectivity index (χ0v) is 15.9. The number of aromatic nitrogens is 1. The Morgan fingerprint density at radius 3 is 2.88 bits per heavy atom. The highest BCUT2D eigenvalue weighted by Crippen LogP contribution is 2.23. The van der Waals surface area contributed by atoms with Gasteiger partial charge in [-0.05, 0) is 30.9 Å². The second kappa shape index (κ2) is 8.22. The summed E-state index contributed by atoms with van der Waals surface area (Å²) in [6, 6.07) is 8.04. The Balaban J connectivity index is 1.55. The van der Waals surface area contributed by atoms with Gasteiger partial charge in [0.15, 0.2) is 9.84 Å². The molecule has 1 saturated heterocycles. The molecule has 0 aliphatic carbocycles. The maximum atomic E-state index is 12.1. The topological polar surface area (TPSA) is 77.4 Å². The SMILES string of the molecule is COCCn1cc(CCCC(=O)NC2CCS(=O)(=O)C2)c2ccccc21. The Morgan fingerprint density at radius 1 is 1.35 bits per heavy atom. The number of carbonyl (C=O) groups excluding carboxylic acids is 1. The van der Waals surface area contributed by atoms with E-state index in [1.165, 1.54) is 16.5 Å². The van der Waals surface area contributed by atoms with Crippen molar-refractivity contribution >= 4 is 26.6 Å². The Bertz CT molecular complexity index is 873. The van der Waals surface area contributed by atoms with Crippen LogP contribution in [0.1, 0.15) is 24.8 Å². The molecule has 1 N–H and O–H groups in total. The smallest absolute Gasteiger partial charge is 0.220 e. The molecule has 2 aromatic rings. The van der Waals surface area contributed by atoms with Crippen LogP contribution in [0.2, 0.25) is 0 Å². The monoisotopic (exact) mass is 378 g/mol. The molecular weight excluding hydrogens is 352 g/mol. The molecule has 1 aromatic heterocycles. The van der Waals surface area contributed by atoms with Crippen molar-refractivity contribution in [2.24, 2.45) is 0 Å². The minimum absolute atomic E-state index is 0.0600. The predicted molar refractivity (Wildman–Crippen MR) is 102 cm³/mol. The molecule has 0 bridgehead atoms. The highest BCUT2D eigenvalue weighted by atomic mass is 32.2. The summed E-state index contributed by atoms with van der Waals surface area (Å²) >= 11 is 0. The minimum atomic E-state index is -2.96. The van der Waals surface area contributed by atoms with Crippen molar-refractivity contribution in [1.82, 2.24) is 9.88 Å². The Kier molecular flexibility index (Phi) is 5.98. The van der Waals surface area contributed by atoms with Gasteiger partial charge in [0.05, 0.1) is 18.1 Å². The maximum absolute atomic E-state index is 12.1. The summed E-state index contributed by atoms with van der Waals surface area (Å²) in [5.41, 5.74) is 2.41. The van der Waals surface area contributed by atoms with E-state index >= 15 is 0 Å². The van der Waals surface area contributed by atoms with Crippen LogP contribution in [-0.2, 0) is 32.3 Å². The van der Waals surface area contributed by atoms with Crippen molar-refractivity contribution < 1.29 is 17.9 Å². The van der Waals surface area contributed by atoms with E-state index in [2.05, 4.69) is 28.2 Å². The number of fused-ring (bicyclic) bond motifs is 1. The van der Waals surface area contributed by atoms with Crippen LogP contribution in [0.4, 0.5) is 0 Å². The minimum Gasteiger partial charge on any atom is -0.383 e. The number of amides is 1. The van der Waals surface area contributed by atoms with Gasteiger partial charge in [-0.15, -0.1) is 0 Å². The van der Waals surface area contributed by atoms with E-state index in [4.69, 9.17) is 4.74 Å². The van der Waals surface area contributed by atoms with Crippen molar-refractivity contribution in [2.45, 2.75) is 38.3 Å². The Hall–Kier alpha value is -1.86. The van der Waals surface area contributed by atoms with E-state index in [0.717, 1.165) is 19.4 Å². The molecule has 0 saturated carbocycles. The quantitative estimate of drug-likeness (QED) is 0.761. The summed E-state index contributed by atoms with van der Waals surface area (Å²) in [5.74, 6) is 0.195. The number of nitrogens with one attached hydrogen (secondary N) is 1. The second-order valence-corrected chi connectivity index (χ2v) is 9.11. The first-order valence-corrected chi connectivity index (χ1v) is 10.9. The summed E-state index contributed by atoms with van der Waals surface area (Å²) in [6.45, 7) is 1.46. The highest BCUT2D eigenvalue weighted by molar-refractivity contribution is 7.91. The number of aryl methyl sites for hydroxylation is 1. The van der Waals surface area contributed by atoms with Crippen LogP contribution in [0.15, 0.2) is 30.5 Å². The summed E-state index contributed by atoms with van der Waals surface area (Å²) < 4.78 is 30.3. The molecule has 1 unspecified atom stereocenters. The van der Waals surface area contributed by atoms with Crippen molar-refractivity contribution in [3.63, 3.8) is 0 Å². The van der Waals surface area contributed by atoms with Crippen molar-refractivity contribution in [3.8, 4) is 0 Å². The molecule has 2 heterocycles.